The van der Waals surface area contributed by atoms with E-state index in [0.717, 1.165) is 38.5 Å². The molecular weight excluding hydrogens is 438 g/mol. The zero-order valence-electron chi connectivity index (χ0n) is 20.2. The third-order valence-corrected chi connectivity index (χ3v) is 6.12. The predicted molar refractivity (Wildman–Crippen MR) is 125 cm³/mol. The number of nitrogens with zero attached hydrogens (tertiary/aromatic N) is 4. The maximum atomic E-state index is 12.0. The molecule has 2 aromatic rings. The van der Waals surface area contributed by atoms with Gasteiger partial charge in [-0.1, -0.05) is 31.4 Å². The summed E-state index contributed by atoms with van der Waals surface area (Å²) in [4.78, 5) is 28.0. The molecule has 0 radical (unpaired) electrons. The summed E-state index contributed by atoms with van der Waals surface area (Å²) in [5.74, 6) is -0.485. The second-order valence-corrected chi connectivity index (χ2v) is 8.78. The van der Waals surface area contributed by atoms with Crippen LogP contribution in [0.5, 0.6) is 5.75 Å². The monoisotopic (exact) mass is 473 g/mol. The fraction of sp³-hybridized carbons (Fsp3) is 0.625. The number of carboxylic acids is 1. The van der Waals surface area contributed by atoms with E-state index in [1.165, 1.54) is 0 Å². The van der Waals surface area contributed by atoms with Crippen molar-refractivity contribution in [3.63, 3.8) is 0 Å². The summed E-state index contributed by atoms with van der Waals surface area (Å²) in [6.45, 7) is 4.60. The summed E-state index contributed by atoms with van der Waals surface area (Å²) in [6, 6.07) is 3.64. The molecule has 0 aromatic carbocycles. The Bertz CT molecular complexity index is 977. The van der Waals surface area contributed by atoms with Crippen molar-refractivity contribution < 1.29 is 24.2 Å². The molecule has 2 N–H and O–H groups in total. The van der Waals surface area contributed by atoms with Crippen molar-refractivity contribution in [1.82, 2.24) is 25.3 Å². The minimum absolute atomic E-state index is 0.134. The number of rotatable bonds is 11. The van der Waals surface area contributed by atoms with Crippen molar-refractivity contribution >= 4 is 12.1 Å². The highest BCUT2D eigenvalue weighted by molar-refractivity contribution is 5.70. The summed E-state index contributed by atoms with van der Waals surface area (Å²) in [7, 11) is 1.76. The smallest absolute Gasteiger partial charge is 0.407 e. The molecule has 0 unspecified atom stereocenters. The van der Waals surface area contributed by atoms with Gasteiger partial charge in [-0.3, -0.25) is 4.79 Å². The van der Waals surface area contributed by atoms with Gasteiger partial charge in [0.15, 0.2) is 0 Å². The number of hydrogen-bond donors (Lipinski definition) is 2. The van der Waals surface area contributed by atoms with Crippen LogP contribution >= 0.6 is 0 Å². The zero-order valence-corrected chi connectivity index (χ0v) is 20.2. The lowest BCUT2D eigenvalue weighted by Gasteiger charge is -2.27. The molecule has 2 heterocycles. The zero-order chi connectivity index (χ0) is 24.5. The Kier molecular flexibility index (Phi) is 9.24. The molecule has 34 heavy (non-hydrogen) atoms. The highest BCUT2D eigenvalue weighted by Crippen LogP contribution is 2.30. The van der Waals surface area contributed by atoms with Crippen LogP contribution in [0.2, 0.25) is 0 Å². The molecule has 2 atom stereocenters. The van der Waals surface area contributed by atoms with Gasteiger partial charge in [0.05, 0.1) is 42.3 Å². The number of aromatic nitrogens is 4. The third-order valence-electron chi connectivity index (χ3n) is 6.12. The predicted octanol–water partition coefficient (Wildman–Crippen LogP) is 4.01. The van der Waals surface area contributed by atoms with E-state index in [2.05, 4.69) is 27.5 Å². The molecule has 0 bridgehead atoms. The van der Waals surface area contributed by atoms with E-state index in [0.29, 0.717) is 48.0 Å². The first kappa shape index (κ1) is 25.5. The summed E-state index contributed by atoms with van der Waals surface area (Å²) in [6.07, 6.45) is 6.44. The number of carbonyl (C=O) groups is 2. The van der Waals surface area contributed by atoms with Crippen LogP contribution in [0.4, 0.5) is 4.79 Å². The minimum Gasteiger partial charge on any atom is -0.489 e. The fourth-order valence-electron chi connectivity index (χ4n) is 4.14. The summed E-state index contributed by atoms with van der Waals surface area (Å²) < 4.78 is 12.9. The summed E-state index contributed by atoms with van der Waals surface area (Å²) in [5.41, 5.74) is 2.59. The highest BCUT2D eigenvalue weighted by Gasteiger charge is 2.28. The topological polar surface area (TPSA) is 128 Å². The molecular formula is C24H35N5O5. The van der Waals surface area contributed by atoms with Gasteiger partial charge in [-0.2, -0.15) is 0 Å². The number of aliphatic carboxylic acids is 1. The van der Waals surface area contributed by atoms with Gasteiger partial charge in [-0.05, 0) is 51.2 Å². The molecule has 1 aliphatic rings. The number of unbranched alkanes of at least 4 members (excludes halogenated alkanes) is 3. The molecule has 10 nitrogen and oxygen atoms in total. The second kappa shape index (κ2) is 12.3. The molecule has 0 saturated heterocycles. The number of nitrogens with one attached hydrogen (secondary N) is 1. The molecule has 0 aliphatic heterocycles. The summed E-state index contributed by atoms with van der Waals surface area (Å²) in [5, 5.41) is 20.4. The molecule has 1 saturated carbocycles. The van der Waals surface area contributed by atoms with Crippen LogP contribution in [0.15, 0.2) is 12.1 Å². The Morgan fingerprint density at radius 3 is 2.79 bits per heavy atom. The quantitative estimate of drug-likeness (QED) is 0.468. The van der Waals surface area contributed by atoms with Gasteiger partial charge < -0.3 is 19.9 Å². The average Bonchev–Trinajstić information content (AvgIpc) is 3.19. The number of alkyl carbamates (subject to hydrolysis) is 1. The van der Waals surface area contributed by atoms with Gasteiger partial charge in [0.2, 0.25) is 0 Å². The van der Waals surface area contributed by atoms with Crippen molar-refractivity contribution in [1.29, 1.82) is 0 Å². The molecule has 186 valence electrons. The van der Waals surface area contributed by atoms with Crippen LogP contribution in [0.3, 0.4) is 0 Å². The molecule has 0 spiro atoms. The van der Waals surface area contributed by atoms with Crippen molar-refractivity contribution in [2.75, 3.05) is 6.61 Å². The average molecular weight is 474 g/mol. The van der Waals surface area contributed by atoms with Crippen molar-refractivity contribution in [2.24, 2.45) is 13.0 Å². The molecule has 1 fully saturated rings. The Morgan fingerprint density at radius 1 is 1.24 bits per heavy atom. The number of carbonyl (C=O) groups excluding carboxylic acids is 1. The highest BCUT2D eigenvalue weighted by atomic mass is 16.5. The molecule has 10 heteroatoms. The first-order valence-electron chi connectivity index (χ1n) is 12.1. The fourth-order valence-corrected chi connectivity index (χ4v) is 4.14. The van der Waals surface area contributed by atoms with E-state index in [1.807, 2.05) is 13.0 Å². The first-order valence-corrected chi connectivity index (χ1v) is 12.1. The Morgan fingerprint density at radius 2 is 2.06 bits per heavy atom. The SMILES string of the molecule is CCCCCCOC(=O)NCc1c(-c2ccc(O[C@H]3CCC[C@H](C(=O)O)C3)c(C)n2)nnn1C. The second-order valence-electron chi connectivity index (χ2n) is 8.78. The van der Waals surface area contributed by atoms with Gasteiger partial charge in [0, 0.05) is 7.05 Å². The number of aryl methyl sites for hydroxylation is 2. The first-order chi connectivity index (χ1) is 16.4. The van der Waals surface area contributed by atoms with Gasteiger partial charge in [-0.25, -0.2) is 14.5 Å². The number of amides is 1. The molecule has 3 rings (SSSR count). The van der Waals surface area contributed by atoms with E-state index in [1.54, 1.807) is 17.8 Å². The molecule has 1 amide bonds. The molecule has 1 aliphatic carbocycles. The lowest BCUT2D eigenvalue weighted by Crippen LogP contribution is -2.29. The van der Waals surface area contributed by atoms with Gasteiger partial charge >= 0.3 is 12.1 Å². The van der Waals surface area contributed by atoms with Crippen molar-refractivity contribution in [3.05, 3.63) is 23.5 Å². The minimum atomic E-state index is -0.761. The molecule has 2 aromatic heterocycles. The van der Waals surface area contributed by atoms with Crippen LogP contribution in [0, 0.1) is 12.8 Å². The number of ether oxygens (including phenoxy) is 2. The van der Waals surface area contributed by atoms with Gasteiger partial charge in [-0.15, -0.1) is 5.10 Å². The largest absolute Gasteiger partial charge is 0.489 e. The van der Waals surface area contributed by atoms with Gasteiger partial charge in [0.1, 0.15) is 11.4 Å². The number of hydrogen-bond acceptors (Lipinski definition) is 7. The van der Waals surface area contributed by atoms with E-state index >= 15 is 0 Å². The number of pyridine rings is 1. The van der Waals surface area contributed by atoms with Crippen LogP contribution in [-0.4, -0.2) is 49.9 Å². The lowest BCUT2D eigenvalue weighted by molar-refractivity contribution is -0.143. The Labute approximate surface area is 200 Å². The van der Waals surface area contributed by atoms with Crippen LogP contribution in [0.25, 0.3) is 11.4 Å². The van der Waals surface area contributed by atoms with Crippen molar-refractivity contribution in [3.8, 4) is 17.1 Å². The lowest BCUT2D eigenvalue weighted by atomic mass is 9.87. The normalized spacial score (nSPS) is 17.9. The van der Waals surface area contributed by atoms with Crippen LogP contribution in [0.1, 0.15) is 69.7 Å². The maximum Gasteiger partial charge on any atom is 0.407 e. The Hall–Kier alpha value is -3.17. The number of carboxylic acid groups (broad SMARTS) is 1. The van der Waals surface area contributed by atoms with E-state index in [9.17, 15) is 14.7 Å². The third kappa shape index (κ3) is 6.91. The Balaban J connectivity index is 1.60. The van der Waals surface area contributed by atoms with E-state index in [4.69, 9.17) is 9.47 Å². The maximum absolute atomic E-state index is 12.0. The standard InChI is InChI=1S/C24H35N5O5/c1-4-5-6-7-13-33-24(32)25-15-20-22(27-28-29(20)3)19-11-12-21(16(2)26-19)34-18-10-8-9-17(14-18)23(30)31/h11-12,17-18H,4-10,13-15H2,1-3H3,(H,25,32)(H,30,31)/t17-,18-/m0/s1. The van der Waals surface area contributed by atoms with Crippen molar-refractivity contribution in [2.45, 2.75) is 77.9 Å². The van der Waals surface area contributed by atoms with Gasteiger partial charge in [0.25, 0.3) is 0 Å². The summed E-state index contributed by atoms with van der Waals surface area (Å²) >= 11 is 0. The van der Waals surface area contributed by atoms with E-state index < -0.39 is 12.1 Å². The van der Waals surface area contributed by atoms with Crippen LogP contribution in [-0.2, 0) is 23.1 Å². The van der Waals surface area contributed by atoms with Crippen LogP contribution < -0.4 is 10.1 Å². The van der Waals surface area contributed by atoms with E-state index in [-0.39, 0.29) is 18.6 Å².